The van der Waals surface area contributed by atoms with E-state index in [-0.39, 0.29) is 0 Å². The van der Waals surface area contributed by atoms with Crippen LogP contribution in [0.2, 0.25) is 5.02 Å². The fourth-order valence-corrected chi connectivity index (χ4v) is 3.52. The van der Waals surface area contributed by atoms with Crippen molar-refractivity contribution in [2.24, 2.45) is 0 Å². The van der Waals surface area contributed by atoms with E-state index in [1.54, 1.807) is 7.11 Å². The molecule has 0 aliphatic carbocycles. The van der Waals surface area contributed by atoms with Gasteiger partial charge in [-0.25, -0.2) is 4.98 Å². The Labute approximate surface area is 178 Å². The molecule has 0 aliphatic heterocycles. The first kappa shape index (κ1) is 18.3. The summed E-state index contributed by atoms with van der Waals surface area (Å²) in [4.78, 5) is 4.87. The molecule has 0 radical (unpaired) electrons. The number of hydrogen-bond donors (Lipinski definition) is 0. The Hall–Kier alpha value is -3.70. The lowest BCUT2D eigenvalue weighted by Crippen LogP contribution is -1.99. The summed E-state index contributed by atoms with van der Waals surface area (Å²) >= 11 is 6.06. The highest BCUT2D eigenvalue weighted by Gasteiger charge is 2.15. The van der Waals surface area contributed by atoms with Gasteiger partial charge in [0.25, 0.3) is 0 Å². The zero-order valence-electron chi connectivity index (χ0n) is 16.2. The molecule has 30 heavy (non-hydrogen) atoms. The zero-order valence-corrected chi connectivity index (χ0v) is 16.9. The Morgan fingerprint density at radius 1 is 0.867 bits per heavy atom. The summed E-state index contributed by atoms with van der Waals surface area (Å²) in [5.41, 5.74) is 3.59. The molecule has 0 amide bonds. The molecule has 5 aromatic rings. The lowest BCUT2D eigenvalue weighted by Gasteiger charge is -2.07. The van der Waals surface area contributed by atoms with Crippen LogP contribution in [0.25, 0.3) is 40.1 Å². The quantitative estimate of drug-likeness (QED) is 0.375. The number of halogens is 1. The smallest absolute Gasteiger partial charge is 0.172 e. The van der Waals surface area contributed by atoms with Crippen molar-refractivity contribution in [3.8, 4) is 17.1 Å². The molecule has 6 heteroatoms. The van der Waals surface area contributed by atoms with E-state index >= 15 is 0 Å². The highest BCUT2D eigenvalue weighted by molar-refractivity contribution is 6.30. The van der Waals surface area contributed by atoms with Crippen molar-refractivity contribution in [2.75, 3.05) is 7.11 Å². The minimum atomic E-state index is 0.677. The van der Waals surface area contributed by atoms with Crippen LogP contribution in [0.4, 0.5) is 0 Å². The molecule has 3 aromatic carbocycles. The molecule has 0 saturated carbocycles. The average Bonchev–Trinajstić information content (AvgIpc) is 3.24. The van der Waals surface area contributed by atoms with E-state index < -0.39 is 0 Å². The fourth-order valence-electron chi connectivity index (χ4n) is 3.39. The fraction of sp³-hybridized carbons (Fsp3) is 0.0417. The molecule has 0 N–H and O–H groups in total. The highest BCUT2D eigenvalue weighted by atomic mass is 35.5. The van der Waals surface area contributed by atoms with Crippen LogP contribution in [0.1, 0.15) is 11.4 Å². The van der Waals surface area contributed by atoms with Crippen LogP contribution in [-0.2, 0) is 0 Å². The number of benzene rings is 3. The molecule has 2 aromatic heterocycles. The second-order valence-electron chi connectivity index (χ2n) is 6.78. The Balaban J connectivity index is 1.70. The van der Waals surface area contributed by atoms with Gasteiger partial charge in [-0.2, -0.15) is 0 Å². The third-order valence-corrected chi connectivity index (χ3v) is 5.17. The molecule has 146 valence electrons. The minimum Gasteiger partial charge on any atom is -0.497 e. The molecule has 5 rings (SSSR count). The number of rotatable bonds is 4. The van der Waals surface area contributed by atoms with Gasteiger partial charge in [0.2, 0.25) is 0 Å². The van der Waals surface area contributed by atoms with Crippen molar-refractivity contribution in [1.29, 1.82) is 0 Å². The predicted octanol–water partition coefficient (Wildman–Crippen LogP) is 5.78. The predicted molar refractivity (Wildman–Crippen MR) is 121 cm³/mol. The van der Waals surface area contributed by atoms with E-state index in [0.29, 0.717) is 10.8 Å². The maximum atomic E-state index is 6.06. The monoisotopic (exact) mass is 412 g/mol. The van der Waals surface area contributed by atoms with E-state index in [4.69, 9.17) is 21.3 Å². The Morgan fingerprint density at radius 2 is 1.63 bits per heavy atom. The van der Waals surface area contributed by atoms with Gasteiger partial charge in [-0.05, 0) is 60.2 Å². The van der Waals surface area contributed by atoms with Crippen molar-refractivity contribution >= 4 is 40.3 Å². The van der Waals surface area contributed by atoms with Crippen molar-refractivity contribution in [3.05, 3.63) is 89.2 Å². The summed E-state index contributed by atoms with van der Waals surface area (Å²) in [5, 5.41) is 10.6. The van der Waals surface area contributed by atoms with Gasteiger partial charge >= 0.3 is 0 Å². The normalized spacial score (nSPS) is 11.5. The summed E-state index contributed by atoms with van der Waals surface area (Å²) in [6, 6.07) is 23.4. The summed E-state index contributed by atoms with van der Waals surface area (Å²) < 4.78 is 7.21. The first-order chi connectivity index (χ1) is 14.7. The molecule has 0 fully saturated rings. The van der Waals surface area contributed by atoms with Gasteiger partial charge < -0.3 is 4.74 Å². The molecule has 0 saturated heterocycles. The van der Waals surface area contributed by atoms with Crippen LogP contribution >= 0.6 is 11.6 Å². The zero-order chi connectivity index (χ0) is 20.5. The maximum Gasteiger partial charge on any atom is 0.172 e. The van der Waals surface area contributed by atoms with Gasteiger partial charge in [0, 0.05) is 16.0 Å². The van der Waals surface area contributed by atoms with Crippen LogP contribution in [0.3, 0.4) is 0 Å². The molecular weight excluding hydrogens is 396 g/mol. The van der Waals surface area contributed by atoms with Crippen molar-refractivity contribution in [1.82, 2.24) is 19.6 Å². The Kier molecular flexibility index (Phi) is 4.65. The molecule has 2 heterocycles. The summed E-state index contributed by atoms with van der Waals surface area (Å²) in [5.74, 6) is 2.28. The van der Waals surface area contributed by atoms with Crippen molar-refractivity contribution < 1.29 is 4.74 Å². The van der Waals surface area contributed by atoms with E-state index in [1.165, 1.54) is 0 Å². The number of para-hydroxylation sites is 1. The minimum absolute atomic E-state index is 0.677. The summed E-state index contributed by atoms with van der Waals surface area (Å²) in [6.07, 6.45) is 3.99. The van der Waals surface area contributed by atoms with E-state index in [1.807, 2.05) is 89.3 Å². The number of ether oxygens (including phenoxy) is 1. The van der Waals surface area contributed by atoms with Crippen LogP contribution in [-0.4, -0.2) is 26.7 Å². The van der Waals surface area contributed by atoms with Crippen LogP contribution in [0, 0.1) is 0 Å². The number of fused-ring (bicyclic) bond motifs is 3. The lowest BCUT2D eigenvalue weighted by atomic mass is 10.2. The molecule has 5 nitrogen and oxygen atoms in total. The van der Waals surface area contributed by atoms with Gasteiger partial charge in [0.05, 0.1) is 12.6 Å². The number of aromatic nitrogens is 4. The van der Waals surface area contributed by atoms with Crippen LogP contribution < -0.4 is 4.74 Å². The highest BCUT2D eigenvalue weighted by Crippen LogP contribution is 2.26. The van der Waals surface area contributed by atoms with Gasteiger partial charge in [0.15, 0.2) is 11.5 Å². The van der Waals surface area contributed by atoms with Crippen LogP contribution in [0.5, 0.6) is 5.75 Å². The maximum absolute atomic E-state index is 6.06. The second-order valence-corrected chi connectivity index (χ2v) is 7.22. The number of nitrogens with zero attached hydrogens (tertiary/aromatic N) is 4. The molecule has 0 unspecified atom stereocenters. The SMILES string of the molecule is COc1ccc(/C=C/c2nc3ccccc3c3nnc(-c4ccc(Cl)cc4)n23)cc1. The Bertz CT molecular complexity index is 1370. The summed E-state index contributed by atoms with van der Waals surface area (Å²) in [7, 11) is 1.66. The average molecular weight is 413 g/mol. The molecule has 0 atom stereocenters. The van der Waals surface area contributed by atoms with E-state index in [2.05, 4.69) is 10.2 Å². The Morgan fingerprint density at radius 3 is 2.40 bits per heavy atom. The molecule has 0 spiro atoms. The topological polar surface area (TPSA) is 52.3 Å². The third kappa shape index (κ3) is 3.29. The molecule has 0 bridgehead atoms. The number of hydrogen-bond acceptors (Lipinski definition) is 4. The largest absolute Gasteiger partial charge is 0.497 e. The number of methoxy groups -OCH3 is 1. The van der Waals surface area contributed by atoms with E-state index in [9.17, 15) is 0 Å². The second kappa shape index (κ2) is 7.61. The van der Waals surface area contributed by atoms with Crippen molar-refractivity contribution in [3.63, 3.8) is 0 Å². The standard InChI is InChI=1S/C24H17ClN4O/c1-30-19-13-6-16(7-14-19)8-15-22-26-21-5-3-2-4-20(21)24-28-27-23(29(22)24)17-9-11-18(25)12-10-17/h2-15H,1H3/b15-8+. The third-order valence-electron chi connectivity index (χ3n) is 4.92. The first-order valence-corrected chi connectivity index (χ1v) is 9.83. The summed E-state index contributed by atoms with van der Waals surface area (Å²) in [6.45, 7) is 0. The van der Waals surface area contributed by atoms with E-state index in [0.717, 1.165) is 39.3 Å². The van der Waals surface area contributed by atoms with Gasteiger partial charge in [0.1, 0.15) is 11.6 Å². The first-order valence-electron chi connectivity index (χ1n) is 9.45. The van der Waals surface area contributed by atoms with Gasteiger partial charge in [-0.15, -0.1) is 10.2 Å². The molecular formula is C24H17ClN4O. The van der Waals surface area contributed by atoms with Gasteiger partial charge in [-0.1, -0.05) is 41.9 Å². The lowest BCUT2D eigenvalue weighted by molar-refractivity contribution is 0.415. The molecule has 0 aliphatic rings. The van der Waals surface area contributed by atoms with Crippen LogP contribution in [0.15, 0.2) is 72.8 Å². The van der Waals surface area contributed by atoms with Crippen molar-refractivity contribution in [2.45, 2.75) is 0 Å². The van der Waals surface area contributed by atoms with Gasteiger partial charge in [-0.3, -0.25) is 4.40 Å².